The Bertz CT molecular complexity index is 1180. The first kappa shape index (κ1) is 21.4. The van der Waals surface area contributed by atoms with Gasteiger partial charge in [0, 0.05) is 37.4 Å². The summed E-state index contributed by atoms with van der Waals surface area (Å²) in [5.41, 5.74) is 1.13. The van der Waals surface area contributed by atoms with Crippen molar-refractivity contribution in [1.29, 1.82) is 0 Å². The Labute approximate surface area is 192 Å². The van der Waals surface area contributed by atoms with Gasteiger partial charge < -0.3 is 20.4 Å². The van der Waals surface area contributed by atoms with Gasteiger partial charge in [-0.05, 0) is 60.0 Å². The number of anilines is 1. The summed E-state index contributed by atoms with van der Waals surface area (Å²) in [5.74, 6) is -0.319. The van der Waals surface area contributed by atoms with Crippen molar-refractivity contribution < 1.29 is 14.0 Å². The van der Waals surface area contributed by atoms with Gasteiger partial charge in [-0.25, -0.2) is 4.39 Å². The molecule has 6 nitrogen and oxygen atoms in total. The number of hydrogen-bond donors (Lipinski definition) is 2. The van der Waals surface area contributed by atoms with Crippen molar-refractivity contribution in [2.24, 2.45) is 0 Å². The Morgan fingerprint density at radius 1 is 1.00 bits per heavy atom. The van der Waals surface area contributed by atoms with Crippen molar-refractivity contribution in [3.8, 4) is 0 Å². The van der Waals surface area contributed by atoms with E-state index < -0.39 is 5.54 Å². The molecule has 1 spiro atoms. The molecule has 2 aliphatic heterocycles. The van der Waals surface area contributed by atoms with E-state index in [0.717, 1.165) is 48.9 Å². The van der Waals surface area contributed by atoms with E-state index in [1.165, 1.54) is 12.1 Å². The summed E-state index contributed by atoms with van der Waals surface area (Å²) in [6, 6.07) is 19.9. The molecule has 3 aromatic rings. The highest BCUT2D eigenvalue weighted by atomic mass is 19.1. The first-order chi connectivity index (χ1) is 16.0. The average molecular weight is 447 g/mol. The number of hydrogen-bond acceptors (Lipinski definition) is 4. The number of nitrogens with zero attached hydrogens (tertiary/aromatic N) is 2. The number of likely N-dealkylation sites (tertiary alicyclic amines) is 1. The fourth-order valence-corrected chi connectivity index (χ4v) is 4.97. The standard InChI is InChI=1S/C26H27FN4O2/c27-22-9-8-19-16-21(7-6-20(19)17-22)24(32)28-12-15-30-13-10-26(11-14-30)25(33)29-18-31(26)23-4-2-1-3-5-23/h1-9,16-17H,10-15,18H2,(H,28,32)(H,29,33). The molecule has 3 aromatic carbocycles. The zero-order chi connectivity index (χ0) is 22.8. The maximum atomic E-state index is 13.4. The Morgan fingerprint density at radius 2 is 1.73 bits per heavy atom. The van der Waals surface area contributed by atoms with Crippen molar-refractivity contribution in [1.82, 2.24) is 15.5 Å². The second kappa shape index (κ2) is 8.83. The normalized spacial score (nSPS) is 18.0. The minimum absolute atomic E-state index is 0.107. The quantitative estimate of drug-likeness (QED) is 0.632. The molecular weight excluding hydrogens is 419 g/mol. The highest BCUT2D eigenvalue weighted by Crippen LogP contribution is 2.36. The van der Waals surface area contributed by atoms with Gasteiger partial charge in [0.05, 0.1) is 6.67 Å². The second-order valence-corrected chi connectivity index (χ2v) is 8.76. The van der Waals surface area contributed by atoms with E-state index in [9.17, 15) is 14.0 Å². The van der Waals surface area contributed by atoms with Crippen molar-refractivity contribution in [2.75, 3.05) is 37.7 Å². The van der Waals surface area contributed by atoms with Gasteiger partial charge in [-0.15, -0.1) is 0 Å². The second-order valence-electron chi connectivity index (χ2n) is 8.76. The Morgan fingerprint density at radius 3 is 2.52 bits per heavy atom. The molecule has 170 valence electrons. The Kier molecular flexibility index (Phi) is 5.72. The molecule has 0 aliphatic carbocycles. The molecule has 2 aliphatic rings. The SMILES string of the molecule is O=C(NCCN1CCC2(CC1)C(=O)NCN2c1ccccc1)c1ccc2cc(F)ccc2c1. The van der Waals surface area contributed by atoms with Crippen LogP contribution >= 0.6 is 0 Å². The number of nitrogens with one attached hydrogen (secondary N) is 2. The van der Waals surface area contributed by atoms with Gasteiger partial charge in [-0.3, -0.25) is 9.59 Å². The van der Waals surface area contributed by atoms with Crippen LogP contribution in [0.5, 0.6) is 0 Å². The van der Waals surface area contributed by atoms with Crippen LogP contribution in [0.2, 0.25) is 0 Å². The molecule has 2 fully saturated rings. The average Bonchev–Trinajstić information content (AvgIpc) is 3.15. The molecule has 2 heterocycles. The van der Waals surface area contributed by atoms with Crippen LogP contribution in [-0.2, 0) is 4.79 Å². The molecule has 0 aromatic heterocycles. The molecule has 0 atom stereocenters. The first-order valence-electron chi connectivity index (χ1n) is 11.4. The van der Waals surface area contributed by atoms with Gasteiger partial charge in [0.1, 0.15) is 11.4 Å². The Hall–Kier alpha value is -3.45. The van der Waals surface area contributed by atoms with Gasteiger partial charge in [0.2, 0.25) is 5.91 Å². The van der Waals surface area contributed by atoms with E-state index >= 15 is 0 Å². The predicted octanol–water partition coefficient (Wildman–Crippen LogP) is 3.14. The van der Waals surface area contributed by atoms with E-state index in [1.807, 2.05) is 30.3 Å². The van der Waals surface area contributed by atoms with Crippen molar-refractivity contribution >= 4 is 28.3 Å². The van der Waals surface area contributed by atoms with E-state index in [2.05, 4.69) is 20.4 Å². The van der Waals surface area contributed by atoms with E-state index in [-0.39, 0.29) is 17.6 Å². The minimum atomic E-state index is -0.494. The summed E-state index contributed by atoms with van der Waals surface area (Å²) < 4.78 is 13.4. The smallest absolute Gasteiger partial charge is 0.251 e. The van der Waals surface area contributed by atoms with Crippen molar-refractivity contribution in [3.05, 3.63) is 78.1 Å². The number of rotatable bonds is 5. The zero-order valence-corrected chi connectivity index (χ0v) is 18.4. The van der Waals surface area contributed by atoms with Gasteiger partial charge in [-0.2, -0.15) is 0 Å². The monoisotopic (exact) mass is 446 g/mol. The summed E-state index contributed by atoms with van der Waals surface area (Å²) in [6.45, 7) is 3.40. The van der Waals surface area contributed by atoms with Crippen LogP contribution in [0.1, 0.15) is 23.2 Å². The number of piperidine rings is 1. The van der Waals surface area contributed by atoms with Crippen LogP contribution in [0, 0.1) is 5.82 Å². The number of benzene rings is 3. The highest BCUT2D eigenvalue weighted by Gasteiger charge is 2.50. The number of amides is 2. The van der Waals surface area contributed by atoms with Crippen LogP contribution < -0.4 is 15.5 Å². The molecular formula is C26H27FN4O2. The predicted molar refractivity (Wildman–Crippen MR) is 127 cm³/mol. The van der Waals surface area contributed by atoms with E-state index in [0.29, 0.717) is 18.8 Å². The number of carbonyl (C=O) groups excluding carboxylic acids is 2. The summed E-state index contributed by atoms with van der Waals surface area (Å²) in [5, 5.41) is 7.62. The molecule has 33 heavy (non-hydrogen) atoms. The summed E-state index contributed by atoms with van der Waals surface area (Å²) >= 11 is 0. The molecule has 2 N–H and O–H groups in total. The fraction of sp³-hybridized carbons (Fsp3) is 0.308. The lowest BCUT2D eigenvalue weighted by molar-refractivity contribution is -0.125. The van der Waals surface area contributed by atoms with Crippen molar-refractivity contribution in [3.63, 3.8) is 0 Å². The van der Waals surface area contributed by atoms with Crippen LogP contribution in [0.4, 0.5) is 10.1 Å². The lowest BCUT2D eigenvalue weighted by Crippen LogP contribution is -2.57. The third-order valence-electron chi connectivity index (χ3n) is 6.87. The van der Waals surface area contributed by atoms with Crippen LogP contribution in [0.3, 0.4) is 0 Å². The summed E-state index contributed by atoms with van der Waals surface area (Å²) in [4.78, 5) is 29.8. The van der Waals surface area contributed by atoms with Crippen LogP contribution in [0.15, 0.2) is 66.7 Å². The number of halogens is 1. The fourth-order valence-electron chi connectivity index (χ4n) is 4.97. The molecule has 0 saturated carbocycles. The van der Waals surface area contributed by atoms with E-state index in [4.69, 9.17) is 0 Å². The lowest BCUT2D eigenvalue weighted by Gasteiger charge is -2.43. The number of para-hydroxylation sites is 1. The van der Waals surface area contributed by atoms with Gasteiger partial charge in [0.25, 0.3) is 5.91 Å². The molecule has 5 rings (SSSR count). The first-order valence-corrected chi connectivity index (χ1v) is 11.4. The Balaban J connectivity index is 1.15. The summed E-state index contributed by atoms with van der Waals surface area (Å²) in [7, 11) is 0. The van der Waals surface area contributed by atoms with Crippen LogP contribution in [-0.4, -0.2) is 55.1 Å². The molecule has 7 heteroatoms. The summed E-state index contributed by atoms with van der Waals surface area (Å²) in [6.07, 6.45) is 1.51. The largest absolute Gasteiger partial charge is 0.351 e. The molecule has 0 bridgehead atoms. The molecule has 2 amide bonds. The molecule has 0 radical (unpaired) electrons. The number of fused-ring (bicyclic) bond motifs is 1. The lowest BCUT2D eigenvalue weighted by atomic mass is 9.85. The maximum Gasteiger partial charge on any atom is 0.251 e. The maximum absolute atomic E-state index is 13.4. The van der Waals surface area contributed by atoms with Gasteiger partial charge in [-0.1, -0.05) is 30.3 Å². The topological polar surface area (TPSA) is 64.7 Å². The zero-order valence-electron chi connectivity index (χ0n) is 18.4. The number of carbonyl (C=O) groups is 2. The van der Waals surface area contributed by atoms with Gasteiger partial charge in [0.15, 0.2) is 0 Å². The molecule has 0 unspecified atom stereocenters. The van der Waals surface area contributed by atoms with Gasteiger partial charge >= 0.3 is 0 Å². The van der Waals surface area contributed by atoms with Crippen LogP contribution in [0.25, 0.3) is 10.8 Å². The van der Waals surface area contributed by atoms with Crippen molar-refractivity contribution in [2.45, 2.75) is 18.4 Å². The highest BCUT2D eigenvalue weighted by molar-refractivity contribution is 5.98. The third-order valence-corrected chi connectivity index (χ3v) is 6.87. The third kappa shape index (κ3) is 4.16. The minimum Gasteiger partial charge on any atom is -0.351 e. The molecule has 2 saturated heterocycles. The van der Waals surface area contributed by atoms with E-state index in [1.54, 1.807) is 24.3 Å².